The molecule has 0 saturated carbocycles. The maximum absolute atomic E-state index is 3.61. The molecule has 2 aliphatic heterocycles. The Bertz CT molecular complexity index is 219. The van der Waals surface area contributed by atoms with Gasteiger partial charge in [0.25, 0.3) is 0 Å². The largest absolute Gasteiger partial charge is 0.309 e. The van der Waals surface area contributed by atoms with Crippen LogP contribution in [0.5, 0.6) is 0 Å². The number of nitrogens with zero attached hydrogens (tertiary/aromatic N) is 2. The maximum atomic E-state index is 3.61. The molecule has 0 bridgehead atoms. The van der Waals surface area contributed by atoms with Gasteiger partial charge in [-0.25, -0.2) is 0 Å². The van der Waals surface area contributed by atoms with Crippen LogP contribution in [-0.2, 0) is 0 Å². The highest BCUT2D eigenvalue weighted by molar-refractivity contribution is 4.90. The SMILES string of the molecule is CC1CN([C@@H]2CCN(C(C)C)C2)C[C@H](C)N1. The van der Waals surface area contributed by atoms with Gasteiger partial charge in [-0.2, -0.15) is 0 Å². The molecule has 1 N–H and O–H groups in total. The fourth-order valence-electron chi connectivity index (χ4n) is 3.20. The van der Waals surface area contributed by atoms with Crippen LogP contribution in [0.1, 0.15) is 34.1 Å². The van der Waals surface area contributed by atoms with Crippen molar-refractivity contribution in [2.24, 2.45) is 0 Å². The summed E-state index contributed by atoms with van der Waals surface area (Å²) in [6, 6.07) is 2.81. The summed E-state index contributed by atoms with van der Waals surface area (Å²) >= 11 is 0. The zero-order chi connectivity index (χ0) is 11.7. The van der Waals surface area contributed by atoms with E-state index in [0.717, 1.165) is 6.04 Å². The summed E-state index contributed by atoms with van der Waals surface area (Å²) in [4.78, 5) is 5.32. The Morgan fingerprint density at radius 2 is 1.69 bits per heavy atom. The molecule has 0 aromatic heterocycles. The summed E-state index contributed by atoms with van der Waals surface area (Å²) in [5.41, 5.74) is 0. The van der Waals surface area contributed by atoms with Crippen LogP contribution < -0.4 is 5.32 Å². The van der Waals surface area contributed by atoms with Crippen molar-refractivity contribution in [3.05, 3.63) is 0 Å². The molecular weight excluding hydrogens is 198 g/mol. The number of hydrogen-bond acceptors (Lipinski definition) is 3. The number of rotatable bonds is 2. The van der Waals surface area contributed by atoms with Gasteiger partial charge in [-0.15, -0.1) is 0 Å². The fraction of sp³-hybridized carbons (Fsp3) is 1.00. The highest BCUT2D eigenvalue weighted by Crippen LogP contribution is 2.20. The van der Waals surface area contributed by atoms with E-state index in [-0.39, 0.29) is 0 Å². The van der Waals surface area contributed by atoms with Gasteiger partial charge in [0.2, 0.25) is 0 Å². The van der Waals surface area contributed by atoms with Crippen LogP contribution in [0.2, 0.25) is 0 Å². The van der Waals surface area contributed by atoms with Crippen molar-refractivity contribution >= 4 is 0 Å². The molecule has 16 heavy (non-hydrogen) atoms. The van der Waals surface area contributed by atoms with Crippen molar-refractivity contribution in [3.8, 4) is 0 Å². The second-order valence-corrected chi connectivity index (χ2v) is 5.95. The molecule has 3 heteroatoms. The lowest BCUT2D eigenvalue weighted by atomic mass is 10.1. The molecule has 2 rings (SSSR count). The van der Waals surface area contributed by atoms with Crippen LogP contribution in [-0.4, -0.2) is 60.1 Å². The number of likely N-dealkylation sites (tertiary alicyclic amines) is 1. The third kappa shape index (κ3) is 2.76. The van der Waals surface area contributed by atoms with E-state index in [4.69, 9.17) is 0 Å². The lowest BCUT2D eigenvalue weighted by Crippen LogP contribution is -2.57. The molecule has 3 atom stereocenters. The van der Waals surface area contributed by atoms with E-state index in [1.54, 1.807) is 0 Å². The van der Waals surface area contributed by atoms with Gasteiger partial charge in [0, 0.05) is 50.3 Å². The van der Waals surface area contributed by atoms with Gasteiger partial charge in [0.05, 0.1) is 0 Å². The minimum atomic E-state index is 0.650. The third-order valence-corrected chi connectivity index (χ3v) is 4.03. The highest BCUT2D eigenvalue weighted by atomic mass is 15.3. The van der Waals surface area contributed by atoms with Crippen molar-refractivity contribution < 1.29 is 0 Å². The monoisotopic (exact) mass is 225 g/mol. The molecule has 2 heterocycles. The molecule has 2 saturated heterocycles. The fourth-order valence-corrected chi connectivity index (χ4v) is 3.20. The number of hydrogen-bond donors (Lipinski definition) is 1. The summed E-state index contributed by atoms with van der Waals surface area (Å²) in [7, 11) is 0. The number of nitrogens with one attached hydrogen (secondary N) is 1. The first-order chi connectivity index (χ1) is 7.56. The summed E-state index contributed by atoms with van der Waals surface area (Å²) in [5.74, 6) is 0. The Labute approximate surface area is 100 Å². The van der Waals surface area contributed by atoms with Crippen LogP contribution in [0, 0.1) is 0 Å². The second-order valence-electron chi connectivity index (χ2n) is 5.95. The van der Waals surface area contributed by atoms with Crippen LogP contribution in [0.4, 0.5) is 0 Å². The number of piperazine rings is 1. The standard InChI is InChI=1S/C13H27N3/c1-10(2)15-6-5-13(9-15)16-7-11(3)14-12(4)8-16/h10-14H,5-9H2,1-4H3/t11-,12?,13+/m0/s1. The van der Waals surface area contributed by atoms with Gasteiger partial charge >= 0.3 is 0 Å². The minimum absolute atomic E-state index is 0.650. The molecule has 0 aromatic rings. The quantitative estimate of drug-likeness (QED) is 0.760. The van der Waals surface area contributed by atoms with E-state index >= 15 is 0 Å². The van der Waals surface area contributed by atoms with Gasteiger partial charge in [-0.1, -0.05) is 0 Å². The normalized spacial score (nSPS) is 38.4. The smallest absolute Gasteiger partial charge is 0.0236 e. The lowest BCUT2D eigenvalue weighted by molar-refractivity contribution is 0.120. The van der Waals surface area contributed by atoms with Crippen LogP contribution in [0.15, 0.2) is 0 Å². The average molecular weight is 225 g/mol. The van der Waals surface area contributed by atoms with Crippen molar-refractivity contribution in [2.75, 3.05) is 26.2 Å². The van der Waals surface area contributed by atoms with Gasteiger partial charge < -0.3 is 5.32 Å². The Hall–Kier alpha value is -0.120. The lowest BCUT2D eigenvalue weighted by Gasteiger charge is -2.39. The first kappa shape index (κ1) is 12.3. The summed E-state index contributed by atoms with van der Waals surface area (Å²) in [6.07, 6.45) is 1.36. The molecule has 2 aliphatic rings. The Morgan fingerprint density at radius 1 is 1.06 bits per heavy atom. The molecule has 3 nitrogen and oxygen atoms in total. The molecule has 0 aromatic carbocycles. The van der Waals surface area contributed by atoms with Gasteiger partial charge in [0.15, 0.2) is 0 Å². The first-order valence-corrected chi connectivity index (χ1v) is 6.80. The zero-order valence-electron chi connectivity index (χ0n) is 11.2. The minimum Gasteiger partial charge on any atom is -0.309 e. The highest BCUT2D eigenvalue weighted by Gasteiger charge is 2.32. The first-order valence-electron chi connectivity index (χ1n) is 6.80. The third-order valence-electron chi connectivity index (χ3n) is 4.03. The van der Waals surface area contributed by atoms with Gasteiger partial charge in [0.1, 0.15) is 0 Å². The van der Waals surface area contributed by atoms with Crippen molar-refractivity contribution in [1.29, 1.82) is 0 Å². The predicted octanol–water partition coefficient (Wildman–Crippen LogP) is 1.15. The summed E-state index contributed by atoms with van der Waals surface area (Å²) in [5, 5.41) is 3.61. The van der Waals surface area contributed by atoms with E-state index in [2.05, 4.69) is 42.8 Å². The van der Waals surface area contributed by atoms with Crippen molar-refractivity contribution in [2.45, 2.75) is 58.3 Å². The average Bonchev–Trinajstić information content (AvgIpc) is 2.64. The molecule has 0 spiro atoms. The molecule has 0 amide bonds. The van der Waals surface area contributed by atoms with E-state index < -0.39 is 0 Å². The van der Waals surface area contributed by atoms with E-state index in [9.17, 15) is 0 Å². The van der Waals surface area contributed by atoms with Crippen molar-refractivity contribution in [3.63, 3.8) is 0 Å². The molecule has 2 fully saturated rings. The van der Waals surface area contributed by atoms with Gasteiger partial charge in [-0.3, -0.25) is 9.80 Å². The van der Waals surface area contributed by atoms with Gasteiger partial charge in [-0.05, 0) is 34.1 Å². The van der Waals surface area contributed by atoms with Crippen molar-refractivity contribution in [1.82, 2.24) is 15.1 Å². The topological polar surface area (TPSA) is 18.5 Å². The van der Waals surface area contributed by atoms with E-state index in [0.29, 0.717) is 18.1 Å². The molecular formula is C13H27N3. The zero-order valence-corrected chi connectivity index (χ0v) is 11.2. The molecule has 0 radical (unpaired) electrons. The van der Waals surface area contributed by atoms with E-state index in [1.165, 1.54) is 32.6 Å². The maximum Gasteiger partial charge on any atom is 0.0236 e. The Balaban J connectivity index is 1.88. The summed E-state index contributed by atoms with van der Waals surface area (Å²) in [6.45, 7) is 14.2. The molecule has 94 valence electrons. The summed E-state index contributed by atoms with van der Waals surface area (Å²) < 4.78 is 0. The van der Waals surface area contributed by atoms with Crippen LogP contribution in [0.3, 0.4) is 0 Å². The Morgan fingerprint density at radius 3 is 2.19 bits per heavy atom. The van der Waals surface area contributed by atoms with Crippen LogP contribution in [0.25, 0.3) is 0 Å². The second kappa shape index (κ2) is 5.03. The van der Waals surface area contributed by atoms with Crippen LogP contribution >= 0.6 is 0 Å². The Kier molecular flexibility index (Phi) is 3.88. The predicted molar refractivity (Wildman–Crippen MR) is 68.7 cm³/mol. The van der Waals surface area contributed by atoms with E-state index in [1.807, 2.05) is 0 Å². The molecule has 1 unspecified atom stereocenters. The molecule has 0 aliphatic carbocycles.